The minimum Gasteiger partial charge on any atom is -0.480 e. The van der Waals surface area contributed by atoms with Gasteiger partial charge in [-0.15, -0.1) is 0 Å². The summed E-state index contributed by atoms with van der Waals surface area (Å²) in [5, 5.41) is 21.4. The second-order valence-electron chi connectivity index (χ2n) is 9.95. The van der Waals surface area contributed by atoms with Gasteiger partial charge in [0.05, 0.1) is 13.2 Å². The number of carbonyl (C=O) groups is 3. The number of amides is 1. The Balaban J connectivity index is 4.08. The highest BCUT2D eigenvalue weighted by Gasteiger charge is 2.28. The first-order valence-corrected chi connectivity index (χ1v) is 16.1. The predicted molar refractivity (Wildman–Crippen MR) is 148 cm³/mol. The molecule has 39 heavy (non-hydrogen) atoms. The summed E-state index contributed by atoms with van der Waals surface area (Å²) in [6, 6.07) is -1.53. The van der Waals surface area contributed by atoms with Gasteiger partial charge >= 0.3 is 19.8 Å². The topological polar surface area (TPSA) is 169 Å². The molecule has 0 bridgehead atoms. The largest absolute Gasteiger partial charge is 0.480 e. The molecule has 1 amide bonds. The number of aliphatic hydroxyl groups is 1. The number of phosphoric acid groups is 1. The zero-order valence-corrected chi connectivity index (χ0v) is 24.8. The zero-order chi connectivity index (χ0) is 29.4. The molecule has 3 unspecified atom stereocenters. The van der Waals surface area contributed by atoms with Crippen molar-refractivity contribution < 1.29 is 47.8 Å². The van der Waals surface area contributed by atoms with Crippen LogP contribution in [0.3, 0.4) is 0 Å². The number of phosphoric ester groups is 1. The molecular formula is C27H52NO10P. The lowest BCUT2D eigenvalue weighted by Gasteiger charge is -2.18. The third-order valence-electron chi connectivity index (χ3n) is 6.15. The van der Waals surface area contributed by atoms with Gasteiger partial charge < -0.3 is 25.2 Å². The van der Waals surface area contributed by atoms with E-state index in [0.717, 1.165) is 51.4 Å². The van der Waals surface area contributed by atoms with Crippen LogP contribution in [0.5, 0.6) is 0 Å². The smallest absolute Gasteiger partial charge is 0.472 e. The summed E-state index contributed by atoms with van der Waals surface area (Å²) >= 11 is 0. The lowest BCUT2D eigenvalue weighted by Crippen LogP contribution is -2.43. The molecular weight excluding hydrogens is 529 g/mol. The number of hydrogen-bond acceptors (Lipinski definition) is 8. The Morgan fingerprint density at radius 1 is 0.718 bits per heavy atom. The summed E-state index contributed by atoms with van der Waals surface area (Å²) < 4.78 is 26.4. The van der Waals surface area contributed by atoms with Gasteiger partial charge in [-0.3, -0.25) is 18.6 Å². The molecule has 0 radical (unpaired) electrons. The van der Waals surface area contributed by atoms with E-state index in [1.807, 2.05) is 0 Å². The number of hydrogen-bond donors (Lipinski definition) is 4. The molecule has 0 rings (SSSR count). The number of unbranched alkanes of at least 4 members (excludes halogenated alkanes) is 13. The van der Waals surface area contributed by atoms with Crippen LogP contribution in [0.15, 0.2) is 0 Å². The molecule has 0 aromatic rings. The minimum atomic E-state index is -4.72. The third-order valence-corrected chi connectivity index (χ3v) is 7.10. The van der Waals surface area contributed by atoms with Crippen molar-refractivity contribution in [2.45, 2.75) is 135 Å². The van der Waals surface area contributed by atoms with Crippen LogP contribution in [0, 0.1) is 0 Å². The molecule has 4 N–H and O–H groups in total. The van der Waals surface area contributed by atoms with Crippen molar-refractivity contribution in [2.24, 2.45) is 0 Å². The first-order chi connectivity index (χ1) is 18.6. The summed E-state index contributed by atoms with van der Waals surface area (Å²) in [5.74, 6) is -2.39. The van der Waals surface area contributed by atoms with E-state index in [1.165, 1.54) is 32.1 Å². The van der Waals surface area contributed by atoms with Gasteiger partial charge in [0.2, 0.25) is 5.91 Å². The minimum absolute atomic E-state index is 0.146. The molecule has 0 spiro atoms. The number of carbonyl (C=O) groups excluding carboxylic acids is 2. The second kappa shape index (κ2) is 24.3. The fraction of sp³-hybridized carbons (Fsp3) is 0.889. The van der Waals surface area contributed by atoms with Crippen LogP contribution in [-0.2, 0) is 32.7 Å². The van der Waals surface area contributed by atoms with E-state index >= 15 is 0 Å². The van der Waals surface area contributed by atoms with Crippen molar-refractivity contribution in [3.63, 3.8) is 0 Å². The fourth-order valence-corrected chi connectivity index (χ4v) is 4.56. The summed E-state index contributed by atoms with van der Waals surface area (Å²) in [5.41, 5.74) is 0. The van der Waals surface area contributed by atoms with Crippen LogP contribution >= 0.6 is 7.82 Å². The number of aliphatic hydroxyl groups excluding tert-OH is 1. The van der Waals surface area contributed by atoms with Gasteiger partial charge in [0.15, 0.2) is 6.04 Å². The summed E-state index contributed by atoms with van der Waals surface area (Å²) in [6.45, 7) is 2.42. The normalized spacial score (nSPS) is 14.4. The molecule has 0 aliphatic heterocycles. The maximum Gasteiger partial charge on any atom is 0.472 e. The molecule has 0 fully saturated rings. The van der Waals surface area contributed by atoms with Crippen LogP contribution in [-0.4, -0.2) is 64.9 Å². The van der Waals surface area contributed by atoms with Crippen molar-refractivity contribution in [3.8, 4) is 0 Å². The van der Waals surface area contributed by atoms with Crippen molar-refractivity contribution in [3.05, 3.63) is 0 Å². The molecule has 0 aliphatic carbocycles. The Hall–Kier alpha value is -1.52. The van der Waals surface area contributed by atoms with Crippen molar-refractivity contribution in [2.75, 3.05) is 19.8 Å². The Labute approximate surface area is 234 Å². The van der Waals surface area contributed by atoms with Gasteiger partial charge in [-0.2, -0.15) is 0 Å². The Morgan fingerprint density at radius 2 is 1.18 bits per heavy atom. The summed E-state index contributed by atoms with van der Waals surface area (Å²) in [6.07, 6.45) is 14.9. The molecule has 230 valence electrons. The molecule has 11 nitrogen and oxygen atoms in total. The standard InChI is InChI=1S/C27H52NO10P/c1-3-5-7-9-11-12-13-15-17-19-26(31)36-20-23(29)21-37-39(34,35)38-22-24(27(32)33)28-25(30)18-16-14-10-8-6-4-2/h23-24,29H,3-22H2,1-2H3,(H,28,30)(H,32,33)(H,34,35). The molecule has 0 aromatic carbocycles. The van der Waals surface area contributed by atoms with E-state index < -0.39 is 57.6 Å². The van der Waals surface area contributed by atoms with Crippen LogP contribution in [0.25, 0.3) is 0 Å². The average Bonchev–Trinajstić information content (AvgIpc) is 2.89. The first kappa shape index (κ1) is 37.5. The SMILES string of the molecule is CCCCCCCCCCCC(=O)OCC(O)COP(=O)(O)OCC(NC(=O)CCCCCCCC)C(=O)O. The zero-order valence-electron chi connectivity index (χ0n) is 23.9. The van der Waals surface area contributed by atoms with Gasteiger partial charge in [-0.1, -0.05) is 97.3 Å². The number of aliphatic carboxylic acids is 1. The number of nitrogens with one attached hydrogen (secondary N) is 1. The van der Waals surface area contributed by atoms with E-state index in [1.54, 1.807) is 0 Å². The molecule has 0 saturated carbocycles. The van der Waals surface area contributed by atoms with Gasteiger partial charge in [0, 0.05) is 12.8 Å². The highest BCUT2D eigenvalue weighted by Crippen LogP contribution is 2.43. The maximum absolute atomic E-state index is 12.1. The molecule has 0 heterocycles. The predicted octanol–water partition coefficient (Wildman–Crippen LogP) is 5.27. The van der Waals surface area contributed by atoms with E-state index in [9.17, 15) is 34.1 Å². The number of carboxylic acids is 1. The van der Waals surface area contributed by atoms with Crippen molar-refractivity contribution in [1.82, 2.24) is 5.32 Å². The van der Waals surface area contributed by atoms with Gasteiger partial charge in [-0.25, -0.2) is 9.36 Å². The highest BCUT2D eigenvalue weighted by molar-refractivity contribution is 7.47. The summed E-state index contributed by atoms with van der Waals surface area (Å²) in [4.78, 5) is 45.0. The Morgan fingerprint density at radius 3 is 1.69 bits per heavy atom. The van der Waals surface area contributed by atoms with Crippen LogP contribution in [0.4, 0.5) is 0 Å². The van der Waals surface area contributed by atoms with Gasteiger partial charge in [0.1, 0.15) is 12.7 Å². The molecule has 0 saturated heterocycles. The number of rotatable bonds is 27. The van der Waals surface area contributed by atoms with Crippen LogP contribution in [0.2, 0.25) is 0 Å². The lowest BCUT2D eigenvalue weighted by atomic mass is 10.1. The van der Waals surface area contributed by atoms with Crippen LogP contribution in [0.1, 0.15) is 123 Å². The van der Waals surface area contributed by atoms with Gasteiger partial charge in [-0.05, 0) is 12.8 Å². The van der Waals surface area contributed by atoms with E-state index in [4.69, 9.17) is 4.74 Å². The monoisotopic (exact) mass is 581 g/mol. The Kier molecular flexibility index (Phi) is 23.3. The molecule has 3 atom stereocenters. The third kappa shape index (κ3) is 24.0. The number of carboxylic acid groups (broad SMARTS) is 1. The van der Waals surface area contributed by atoms with Crippen molar-refractivity contribution in [1.29, 1.82) is 0 Å². The number of ether oxygens (including phenoxy) is 1. The molecule has 0 aliphatic rings. The summed E-state index contributed by atoms with van der Waals surface area (Å²) in [7, 11) is -4.72. The van der Waals surface area contributed by atoms with E-state index in [-0.39, 0.29) is 12.8 Å². The van der Waals surface area contributed by atoms with E-state index in [0.29, 0.717) is 12.8 Å². The quantitative estimate of drug-likeness (QED) is 0.0570. The van der Waals surface area contributed by atoms with Gasteiger partial charge in [0.25, 0.3) is 0 Å². The molecule has 0 aromatic heterocycles. The highest BCUT2D eigenvalue weighted by atomic mass is 31.2. The first-order valence-electron chi connectivity index (χ1n) is 14.6. The fourth-order valence-electron chi connectivity index (χ4n) is 3.78. The number of esters is 1. The lowest BCUT2D eigenvalue weighted by molar-refractivity contribution is -0.147. The second-order valence-corrected chi connectivity index (χ2v) is 11.4. The average molecular weight is 582 g/mol. The Bertz CT molecular complexity index is 706. The van der Waals surface area contributed by atoms with Crippen LogP contribution < -0.4 is 5.32 Å². The van der Waals surface area contributed by atoms with Crippen molar-refractivity contribution >= 4 is 25.7 Å². The van der Waals surface area contributed by atoms with E-state index in [2.05, 4.69) is 28.2 Å². The maximum atomic E-state index is 12.1. The molecule has 12 heteroatoms.